The Bertz CT molecular complexity index is 824. The number of halogens is 1. The highest BCUT2D eigenvalue weighted by molar-refractivity contribution is 7.99. The minimum Gasteiger partial charge on any atom is -0.324 e. The molecule has 122 valence electrons. The summed E-state index contributed by atoms with van der Waals surface area (Å²) in [6.07, 6.45) is 0. The molecule has 0 aliphatic heterocycles. The average molecular weight is 360 g/mol. The standard InChI is InChI=1S/C16H14ClN5OS/c17-13-8-4-5-9-14(13)18-15(23)11-24-16-19-20-21-22(16)10-12-6-2-1-3-7-12/h1-9H,10-11H2,(H,18,23). The van der Waals surface area contributed by atoms with Crippen molar-refractivity contribution < 1.29 is 4.79 Å². The van der Waals surface area contributed by atoms with Gasteiger partial charge >= 0.3 is 0 Å². The number of benzene rings is 2. The maximum Gasteiger partial charge on any atom is 0.234 e. The summed E-state index contributed by atoms with van der Waals surface area (Å²) < 4.78 is 1.67. The van der Waals surface area contributed by atoms with Gasteiger partial charge in [-0.15, -0.1) is 5.10 Å². The van der Waals surface area contributed by atoms with E-state index in [0.717, 1.165) is 5.56 Å². The molecule has 1 aromatic heterocycles. The molecule has 0 unspecified atom stereocenters. The van der Waals surface area contributed by atoms with E-state index >= 15 is 0 Å². The highest BCUT2D eigenvalue weighted by Crippen LogP contribution is 2.21. The Kier molecular flexibility index (Phi) is 5.45. The third kappa shape index (κ3) is 4.33. The Morgan fingerprint density at radius 3 is 2.67 bits per heavy atom. The van der Waals surface area contributed by atoms with Crippen LogP contribution in [0.5, 0.6) is 0 Å². The Morgan fingerprint density at radius 1 is 1.12 bits per heavy atom. The van der Waals surface area contributed by atoms with Crippen LogP contribution in [0.3, 0.4) is 0 Å². The van der Waals surface area contributed by atoms with Crippen molar-refractivity contribution >= 4 is 35.0 Å². The molecule has 0 aliphatic carbocycles. The normalized spacial score (nSPS) is 10.5. The lowest BCUT2D eigenvalue weighted by Crippen LogP contribution is -2.15. The smallest absolute Gasteiger partial charge is 0.234 e. The summed E-state index contributed by atoms with van der Waals surface area (Å²) in [5.41, 5.74) is 1.68. The predicted octanol–water partition coefficient (Wildman–Crippen LogP) is 3.11. The largest absolute Gasteiger partial charge is 0.324 e. The maximum atomic E-state index is 12.1. The van der Waals surface area contributed by atoms with Crippen LogP contribution in [0.2, 0.25) is 5.02 Å². The number of nitrogens with one attached hydrogen (secondary N) is 1. The van der Waals surface area contributed by atoms with Crippen molar-refractivity contribution in [1.82, 2.24) is 20.2 Å². The summed E-state index contributed by atoms with van der Waals surface area (Å²) in [7, 11) is 0. The molecule has 6 nitrogen and oxygen atoms in total. The van der Waals surface area contributed by atoms with E-state index in [4.69, 9.17) is 11.6 Å². The molecule has 1 N–H and O–H groups in total. The van der Waals surface area contributed by atoms with Crippen molar-refractivity contribution in [3.63, 3.8) is 0 Å². The lowest BCUT2D eigenvalue weighted by molar-refractivity contribution is -0.113. The van der Waals surface area contributed by atoms with E-state index in [2.05, 4.69) is 20.8 Å². The first kappa shape index (κ1) is 16.5. The minimum absolute atomic E-state index is 0.164. The average Bonchev–Trinajstić information content (AvgIpc) is 3.03. The van der Waals surface area contributed by atoms with Gasteiger partial charge in [0.15, 0.2) is 0 Å². The SMILES string of the molecule is O=C(CSc1nnnn1Cc1ccccc1)Nc1ccccc1Cl. The molecule has 8 heteroatoms. The van der Waals surface area contributed by atoms with Crippen LogP contribution in [-0.4, -0.2) is 31.9 Å². The Morgan fingerprint density at radius 2 is 1.88 bits per heavy atom. The number of thioether (sulfide) groups is 1. The number of hydrogen-bond donors (Lipinski definition) is 1. The van der Waals surface area contributed by atoms with Crippen LogP contribution in [0.25, 0.3) is 0 Å². The summed E-state index contributed by atoms with van der Waals surface area (Å²) in [5.74, 6) is 0.0303. The molecule has 0 bridgehead atoms. The van der Waals surface area contributed by atoms with E-state index in [1.807, 2.05) is 42.5 Å². The van der Waals surface area contributed by atoms with Gasteiger partial charge in [0.05, 0.1) is 23.0 Å². The van der Waals surface area contributed by atoms with Gasteiger partial charge in [0.2, 0.25) is 11.1 Å². The number of anilines is 1. The second-order valence-electron chi connectivity index (χ2n) is 4.92. The zero-order valence-electron chi connectivity index (χ0n) is 12.6. The van der Waals surface area contributed by atoms with Gasteiger partial charge < -0.3 is 5.32 Å². The van der Waals surface area contributed by atoms with E-state index in [0.29, 0.717) is 22.4 Å². The van der Waals surface area contributed by atoms with E-state index < -0.39 is 0 Å². The fourth-order valence-corrected chi connectivity index (χ4v) is 2.89. The Hall–Kier alpha value is -2.38. The first-order valence-corrected chi connectivity index (χ1v) is 8.56. The van der Waals surface area contributed by atoms with Crippen molar-refractivity contribution in [2.75, 3.05) is 11.1 Å². The lowest BCUT2D eigenvalue weighted by atomic mass is 10.2. The van der Waals surface area contributed by atoms with Gasteiger partial charge in [-0.05, 0) is 28.1 Å². The van der Waals surface area contributed by atoms with Crippen LogP contribution in [0, 0.1) is 0 Å². The van der Waals surface area contributed by atoms with Crippen molar-refractivity contribution in [3.05, 3.63) is 65.2 Å². The van der Waals surface area contributed by atoms with Crippen LogP contribution >= 0.6 is 23.4 Å². The van der Waals surface area contributed by atoms with E-state index in [1.165, 1.54) is 11.8 Å². The fourth-order valence-electron chi connectivity index (χ4n) is 2.03. The number of hydrogen-bond acceptors (Lipinski definition) is 5. The summed E-state index contributed by atoms with van der Waals surface area (Å²) in [5, 5.41) is 15.5. The highest BCUT2D eigenvalue weighted by atomic mass is 35.5. The second kappa shape index (κ2) is 7.94. The van der Waals surface area contributed by atoms with Crippen molar-refractivity contribution in [2.24, 2.45) is 0 Å². The minimum atomic E-state index is -0.164. The molecule has 24 heavy (non-hydrogen) atoms. The number of amides is 1. The summed E-state index contributed by atoms with van der Waals surface area (Å²) in [4.78, 5) is 12.1. The molecule has 0 atom stereocenters. The van der Waals surface area contributed by atoms with Gasteiger partial charge in [-0.1, -0.05) is 65.8 Å². The third-order valence-electron chi connectivity index (χ3n) is 3.15. The van der Waals surface area contributed by atoms with Crippen molar-refractivity contribution in [1.29, 1.82) is 0 Å². The first-order valence-electron chi connectivity index (χ1n) is 7.19. The van der Waals surface area contributed by atoms with E-state index in [9.17, 15) is 4.79 Å². The Balaban J connectivity index is 1.58. The molecule has 3 aromatic rings. The third-order valence-corrected chi connectivity index (χ3v) is 4.44. The second-order valence-corrected chi connectivity index (χ2v) is 6.27. The molecule has 0 radical (unpaired) electrons. The van der Waals surface area contributed by atoms with Gasteiger partial charge in [-0.3, -0.25) is 4.79 Å². The molecule has 2 aromatic carbocycles. The molecular weight excluding hydrogens is 346 g/mol. The maximum absolute atomic E-state index is 12.1. The number of para-hydroxylation sites is 1. The fraction of sp³-hybridized carbons (Fsp3) is 0.125. The first-order chi connectivity index (χ1) is 11.7. The highest BCUT2D eigenvalue weighted by Gasteiger charge is 2.11. The number of tetrazole rings is 1. The number of nitrogens with zero attached hydrogens (tertiary/aromatic N) is 4. The molecule has 0 fully saturated rings. The van der Waals surface area contributed by atoms with Gasteiger partial charge in [-0.2, -0.15) is 0 Å². The summed E-state index contributed by atoms with van der Waals surface area (Å²) >= 11 is 7.30. The van der Waals surface area contributed by atoms with Crippen LogP contribution in [-0.2, 0) is 11.3 Å². The molecule has 0 saturated carbocycles. The molecule has 0 saturated heterocycles. The zero-order valence-corrected chi connectivity index (χ0v) is 14.2. The molecular formula is C16H14ClN5OS. The topological polar surface area (TPSA) is 72.7 Å². The van der Waals surface area contributed by atoms with Crippen LogP contribution in [0.15, 0.2) is 59.8 Å². The molecule has 0 aliphatic rings. The van der Waals surface area contributed by atoms with E-state index in [-0.39, 0.29) is 11.7 Å². The number of carbonyl (C=O) groups is 1. The van der Waals surface area contributed by atoms with Gasteiger partial charge in [0.1, 0.15) is 0 Å². The molecule has 0 spiro atoms. The van der Waals surface area contributed by atoms with Crippen molar-refractivity contribution in [3.8, 4) is 0 Å². The zero-order chi connectivity index (χ0) is 16.8. The monoisotopic (exact) mass is 359 g/mol. The van der Waals surface area contributed by atoms with Crippen LogP contribution < -0.4 is 5.32 Å². The van der Waals surface area contributed by atoms with Gasteiger partial charge in [0.25, 0.3) is 0 Å². The number of rotatable bonds is 6. The predicted molar refractivity (Wildman–Crippen MR) is 94.2 cm³/mol. The molecule has 1 amide bonds. The van der Waals surface area contributed by atoms with Crippen LogP contribution in [0.4, 0.5) is 5.69 Å². The molecule has 3 rings (SSSR count). The lowest BCUT2D eigenvalue weighted by Gasteiger charge is -2.07. The van der Waals surface area contributed by atoms with Crippen LogP contribution in [0.1, 0.15) is 5.56 Å². The van der Waals surface area contributed by atoms with Gasteiger partial charge in [0, 0.05) is 0 Å². The van der Waals surface area contributed by atoms with E-state index in [1.54, 1.807) is 16.8 Å². The number of aromatic nitrogens is 4. The summed E-state index contributed by atoms with van der Waals surface area (Å²) in [6, 6.07) is 17.0. The summed E-state index contributed by atoms with van der Waals surface area (Å²) in [6.45, 7) is 0.558. The number of carbonyl (C=O) groups excluding carboxylic acids is 1. The van der Waals surface area contributed by atoms with Crippen molar-refractivity contribution in [2.45, 2.75) is 11.7 Å². The quantitative estimate of drug-likeness (QED) is 0.684. The van der Waals surface area contributed by atoms with Gasteiger partial charge in [-0.25, -0.2) is 4.68 Å². The molecule has 1 heterocycles. The Labute approximate surface area is 148 Å².